The third kappa shape index (κ3) is 3.29. The van der Waals surface area contributed by atoms with Crippen LogP contribution in [0.5, 0.6) is 0 Å². The average molecular weight is 338 g/mol. The summed E-state index contributed by atoms with van der Waals surface area (Å²) in [6, 6.07) is 6.44. The first kappa shape index (κ1) is 15.7. The van der Waals surface area contributed by atoms with Crippen LogP contribution in [0.25, 0.3) is 0 Å². The highest BCUT2D eigenvalue weighted by molar-refractivity contribution is 6.30. The van der Waals surface area contributed by atoms with E-state index in [9.17, 15) is 4.79 Å². The van der Waals surface area contributed by atoms with E-state index >= 15 is 4.39 Å². The molecule has 8 heteroatoms. The van der Waals surface area contributed by atoms with Crippen LogP contribution in [-0.2, 0) is 19.3 Å². The Kier molecular flexibility index (Phi) is 4.21. The van der Waals surface area contributed by atoms with Crippen molar-refractivity contribution in [2.75, 3.05) is 13.1 Å². The number of likely N-dealkylation sites (tertiary alicyclic amines) is 1. The normalized spacial score (nSPS) is 20.7. The van der Waals surface area contributed by atoms with E-state index in [1.165, 1.54) is 4.90 Å². The molecule has 2 amide bonds. The minimum atomic E-state index is -1.56. The molecule has 0 saturated carbocycles. The van der Waals surface area contributed by atoms with E-state index in [0.717, 1.165) is 5.69 Å². The van der Waals surface area contributed by atoms with Gasteiger partial charge in [-0.1, -0.05) is 28.9 Å². The van der Waals surface area contributed by atoms with Gasteiger partial charge in [-0.05, 0) is 17.7 Å². The van der Waals surface area contributed by atoms with Crippen molar-refractivity contribution < 1.29 is 9.18 Å². The number of nitrogens with one attached hydrogen (secondary N) is 1. The summed E-state index contributed by atoms with van der Waals surface area (Å²) in [5.74, 6) is 0. The maximum Gasteiger partial charge on any atom is 0.317 e. The number of amides is 2. The number of urea groups is 1. The number of rotatable bonds is 3. The monoisotopic (exact) mass is 337 g/mol. The molecule has 1 atom stereocenters. The number of hydrogen-bond acceptors (Lipinski definition) is 3. The largest absolute Gasteiger partial charge is 0.332 e. The van der Waals surface area contributed by atoms with Crippen LogP contribution >= 0.6 is 11.6 Å². The quantitative estimate of drug-likeness (QED) is 0.934. The molecule has 0 radical (unpaired) electrons. The fraction of sp³-hybridized carbons (Fsp3) is 0.400. The van der Waals surface area contributed by atoms with Crippen LogP contribution in [0.15, 0.2) is 30.5 Å². The van der Waals surface area contributed by atoms with Gasteiger partial charge in [0.05, 0.1) is 25.0 Å². The van der Waals surface area contributed by atoms with Gasteiger partial charge in [0.2, 0.25) is 0 Å². The number of carbonyl (C=O) groups is 1. The van der Waals surface area contributed by atoms with Crippen molar-refractivity contribution in [3.8, 4) is 0 Å². The first-order valence-electron chi connectivity index (χ1n) is 7.29. The third-order valence-corrected chi connectivity index (χ3v) is 4.31. The number of carbonyl (C=O) groups excluding carboxylic acids is 1. The van der Waals surface area contributed by atoms with Crippen molar-refractivity contribution in [2.45, 2.75) is 18.6 Å². The Morgan fingerprint density at radius 3 is 3.04 bits per heavy atom. The number of halogens is 2. The number of hydrogen-bond donors (Lipinski definition) is 1. The summed E-state index contributed by atoms with van der Waals surface area (Å²) in [5, 5.41) is 10.8. The minimum absolute atomic E-state index is 0.0167. The molecule has 0 aliphatic carbocycles. The van der Waals surface area contributed by atoms with Crippen LogP contribution in [0.4, 0.5) is 9.18 Å². The molecule has 1 aromatic heterocycles. The fourth-order valence-corrected chi connectivity index (χ4v) is 2.89. The fourth-order valence-electron chi connectivity index (χ4n) is 2.70. The van der Waals surface area contributed by atoms with Crippen LogP contribution in [0.1, 0.15) is 17.7 Å². The smallest absolute Gasteiger partial charge is 0.317 e. The van der Waals surface area contributed by atoms with E-state index in [4.69, 9.17) is 11.6 Å². The second kappa shape index (κ2) is 6.16. The molecule has 6 nitrogen and oxygen atoms in total. The second-order valence-corrected chi connectivity index (χ2v) is 6.09. The predicted octanol–water partition coefficient (Wildman–Crippen LogP) is 2.25. The topological polar surface area (TPSA) is 63.1 Å². The number of nitrogens with zero attached hydrogens (tertiary/aromatic N) is 4. The molecule has 2 aromatic rings. The summed E-state index contributed by atoms with van der Waals surface area (Å²) >= 11 is 5.93. The highest BCUT2D eigenvalue weighted by Gasteiger charge is 2.41. The lowest BCUT2D eigenvalue weighted by molar-refractivity contribution is 0.164. The number of aromatic nitrogens is 3. The SMILES string of the molecule is Cn1nncc1CNC(=O)N1CCC(F)(c2cccc(Cl)c2)C1. The van der Waals surface area contributed by atoms with Crippen molar-refractivity contribution in [1.29, 1.82) is 0 Å². The first-order chi connectivity index (χ1) is 11.0. The van der Waals surface area contributed by atoms with Crippen LogP contribution in [0, 0.1) is 0 Å². The lowest BCUT2D eigenvalue weighted by Crippen LogP contribution is -2.39. The summed E-state index contributed by atoms with van der Waals surface area (Å²) in [7, 11) is 1.75. The van der Waals surface area contributed by atoms with E-state index < -0.39 is 5.67 Å². The second-order valence-electron chi connectivity index (χ2n) is 5.65. The predicted molar refractivity (Wildman–Crippen MR) is 83.7 cm³/mol. The summed E-state index contributed by atoms with van der Waals surface area (Å²) in [4.78, 5) is 13.7. The summed E-state index contributed by atoms with van der Waals surface area (Å²) in [5.41, 5.74) is -0.272. The zero-order valence-electron chi connectivity index (χ0n) is 12.7. The van der Waals surface area contributed by atoms with E-state index in [1.54, 1.807) is 42.2 Å². The zero-order valence-corrected chi connectivity index (χ0v) is 13.4. The Balaban J connectivity index is 1.62. The van der Waals surface area contributed by atoms with Gasteiger partial charge in [-0.2, -0.15) is 0 Å². The van der Waals surface area contributed by atoms with Gasteiger partial charge in [0.25, 0.3) is 0 Å². The summed E-state index contributed by atoms with van der Waals surface area (Å²) < 4.78 is 16.7. The van der Waals surface area contributed by atoms with Crippen molar-refractivity contribution in [1.82, 2.24) is 25.2 Å². The van der Waals surface area contributed by atoms with Gasteiger partial charge < -0.3 is 10.2 Å². The van der Waals surface area contributed by atoms with Crippen molar-refractivity contribution >= 4 is 17.6 Å². The number of aryl methyl sites for hydroxylation is 1. The molecule has 1 saturated heterocycles. The molecular weight excluding hydrogens is 321 g/mol. The van der Waals surface area contributed by atoms with Gasteiger partial charge in [-0.25, -0.2) is 9.18 Å². The van der Waals surface area contributed by atoms with Gasteiger partial charge in [0, 0.05) is 25.0 Å². The third-order valence-electron chi connectivity index (χ3n) is 4.08. The summed E-state index contributed by atoms with van der Waals surface area (Å²) in [6.45, 7) is 0.677. The van der Waals surface area contributed by atoms with Gasteiger partial charge >= 0.3 is 6.03 Å². The molecule has 1 aliphatic rings. The lowest BCUT2D eigenvalue weighted by atomic mass is 9.95. The molecule has 1 fully saturated rings. The van der Waals surface area contributed by atoms with Crippen LogP contribution in [0.2, 0.25) is 5.02 Å². The van der Waals surface area contributed by atoms with Crippen molar-refractivity contribution in [2.24, 2.45) is 7.05 Å². The Hall–Kier alpha value is -2.15. The van der Waals surface area contributed by atoms with Gasteiger partial charge in [-0.15, -0.1) is 5.10 Å². The number of benzene rings is 1. The van der Waals surface area contributed by atoms with Gasteiger partial charge in [0.15, 0.2) is 5.67 Å². The maximum atomic E-state index is 15.1. The van der Waals surface area contributed by atoms with E-state index in [-0.39, 0.29) is 19.0 Å². The molecule has 23 heavy (non-hydrogen) atoms. The highest BCUT2D eigenvalue weighted by Crippen LogP contribution is 2.36. The van der Waals surface area contributed by atoms with Gasteiger partial charge in [0.1, 0.15) is 0 Å². The number of alkyl halides is 1. The lowest BCUT2D eigenvalue weighted by Gasteiger charge is -2.22. The van der Waals surface area contributed by atoms with Crippen LogP contribution in [0.3, 0.4) is 0 Å². The molecule has 1 aromatic carbocycles. The molecule has 3 rings (SSSR count). The van der Waals surface area contributed by atoms with E-state index in [2.05, 4.69) is 15.6 Å². The average Bonchev–Trinajstić information content (AvgIpc) is 3.12. The van der Waals surface area contributed by atoms with Crippen LogP contribution in [-0.4, -0.2) is 39.0 Å². The zero-order chi connectivity index (χ0) is 16.4. The highest BCUT2D eigenvalue weighted by atomic mass is 35.5. The van der Waals surface area contributed by atoms with Crippen molar-refractivity contribution in [3.63, 3.8) is 0 Å². The van der Waals surface area contributed by atoms with Crippen LogP contribution < -0.4 is 5.32 Å². The molecule has 0 spiro atoms. The molecule has 1 aliphatic heterocycles. The maximum absolute atomic E-state index is 15.1. The Labute approximate surface area is 138 Å². The van der Waals surface area contributed by atoms with E-state index in [1.807, 2.05) is 0 Å². The molecule has 122 valence electrons. The van der Waals surface area contributed by atoms with E-state index in [0.29, 0.717) is 23.7 Å². The minimum Gasteiger partial charge on any atom is -0.332 e. The Bertz CT molecular complexity index is 721. The standard InChI is InChI=1S/C15H17ClFN5O/c1-21-13(9-19-20-21)8-18-14(23)22-6-5-15(17,10-22)11-3-2-4-12(16)7-11/h2-4,7,9H,5-6,8,10H2,1H3,(H,18,23). The molecule has 1 unspecified atom stereocenters. The summed E-state index contributed by atoms with van der Waals surface area (Å²) in [6.07, 6.45) is 1.84. The molecule has 0 bridgehead atoms. The first-order valence-corrected chi connectivity index (χ1v) is 7.67. The molecular formula is C15H17ClFN5O. The van der Waals surface area contributed by atoms with Gasteiger partial charge in [-0.3, -0.25) is 4.68 Å². The molecule has 1 N–H and O–H groups in total. The Morgan fingerprint density at radius 1 is 1.52 bits per heavy atom. The van der Waals surface area contributed by atoms with Crippen molar-refractivity contribution in [3.05, 3.63) is 46.7 Å². The molecule has 2 heterocycles. The Morgan fingerprint density at radius 2 is 2.35 bits per heavy atom.